The predicted octanol–water partition coefficient (Wildman–Crippen LogP) is 2.50. The van der Waals surface area contributed by atoms with Crippen LogP contribution in [0, 0.1) is 5.41 Å². The van der Waals surface area contributed by atoms with Crippen LogP contribution in [0.25, 0.3) is 0 Å². The van der Waals surface area contributed by atoms with Crippen molar-refractivity contribution >= 4 is 41.5 Å². The summed E-state index contributed by atoms with van der Waals surface area (Å²) in [6.45, 7) is 8.23. The molecule has 1 unspecified atom stereocenters. The van der Waals surface area contributed by atoms with E-state index in [0.717, 1.165) is 63.1 Å². The number of carbonyl (C=O) groups excluding carboxylic acids is 1. The van der Waals surface area contributed by atoms with Gasteiger partial charge in [0.25, 0.3) is 5.91 Å². The normalized spacial score (nSPS) is 23.8. The molecule has 29 heavy (non-hydrogen) atoms. The summed E-state index contributed by atoms with van der Waals surface area (Å²) in [5, 5.41) is 3.43. The van der Waals surface area contributed by atoms with Gasteiger partial charge in [0.15, 0.2) is 12.6 Å². The second kappa shape index (κ2) is 9.97. The molecular formula is C21H31IN4O3. The van der Waals surface area contributed by atoms with E-state index in [-0.39, 0.29) is 36.5 Å². The van der Waals surface area contributed by atoms with Gasteiger partial charge in [0, 0.05) is 44.7 Å². The van der Waals surface area contributed by atoms with Crippen molar-refractivity contribution in [1.82, 2.24) is 10.2 Å². The van der Waals surface area contributed by atoms with Gasteiger partial charge in [-0.05, 0) is 38.3 Å². The highest BCUT2D eigenvalue weighted by atomic mass is 127. The number of likely N-dealkylation sites (tertiary alicyclic amines) is 1. The zero-order valence-electron chi connectivity index (χ0n) is 17.1. The first-order valence-corrected chi connectivity index (χ1v) is 10.3. The molecule has 7 nitrogen and oxygen atoms in total. The molecule has 3 aliphatic heterocycles. The third-order valence-corrected chi connectivity index (χ3v) is 5.87. The van der Waals surface area contributed by atoms with Crippen molar-refractivity contribution in [2.24, 2.45) is 10.4 Å². The van der Waals surface area contributed by atoms with Crippen LogP contribution in [0.4, 0.5) is 5.69 Å². The van der Waals surface area contributed by atoms with Crippen LogP contribution in [0.15, 0.2) is 29.3 Å². The van der Waals surface area contributed by atoms with Gasteiger partial charge in [0.2, 0.25) is 0 Å². The fourth-order valence-electron chi connectivity index (χ4n) is 4.33. The second-order valence-electron chi connectivity index (χ2n) is 7.87. The molecule has 1 N–H and O–H groups in total. The molecule has 0 bridgehead atoms. The van der Waals surface area contributed by atoms with Gasteiger partial charge in [0.1, 0.15) is 5.75 Å². The van der Waals surface area contributed by atoms with Crippen LogP contribution in [0.1, 0.15) is 26.2 Å². The average molecular weight is 514 g/mol. The highest BCUT2D eigenvalue weighted by Gasteiger charge is 2.42. The average Bonchev–Trinajstić information content (AvgIpc) is 3.35. The number of benzene rings is 1. The molecule has 4 rings (SSSR count). The number of carbonyl (C=O) groups is 1. The highest BCUT2D eigenvalue weighted by molar-refractivity contribution is 14.0. The van der Waals surface area contributed by atoms with Crippen molar-refractivity contribution in [1.29, 1.82) is 0 Å². The first-order valence-electron chi connectivity index (χ1n) is 10.3. The number of halogens is 1. The predicted molar refractivity (Wildman–Crippen MR) is 124 cm³/mol. The number of para-hydroxylation sites is 2. The summed E-state index contributed by atoms with van der Waals surface area (Å²) in [5.74, 6) is 1.78. The van der Waals surface area contributed by atoms with E-state index in [1.54, 1.807) is 0 Å². The molecule has 1 atom stereocenters. The zero-order chi connectivity index (χ0) is 19.4. The molecule has 8 heteroatoms. The summed E-state index contributed by atoms with van der Waals surface area (Å²) >= 11 is 0. The summed E-state index contributed by atoms with van der Waals surface area (Å²) in [6, 6.07) is 7.71. The van der Waals surface area contributed by atoms with Crippen LogP contribution in [-0.4, -0.2) is 69.3 Å². The number of ether oxygens (including phenoxy) is 2. The number of nitrogens with zero attached hydrogens (tertiary/aromatic N) is 3. The number of hydrogen-bond acceptors (Lipinski definition) is 4. The first kappa shape index (κ1) is 22.1. The maximum absolute atomic E-state index is 12.3. The molecule has 0 radical (unpaired) electrons. The lowest BCUT2D eigenvalue weighted by Gasteiger charge is -2.29. The smallest absolute Gasteiger partial charge is 0.265 e. The maximum Gasteiger partial charge on any atom is 0.265 e. The van der Waals surface area contributed by atoms with Crippen molar-refractivity contribution in [2.75, 3.05) is 57.4 Å². The molecule has 0 aliphatic carbocycles. The number of anilines is 1. The Bertz CT molecular complexity index is 736. The van der Waals surface area contributed by atoms with E-state index in [1.165, 1.54) is 6.42 Å². The molecule has 0 saturated carbocycles. The number of nitrogens with one attached hydrogen (secondary N) is 1. The van der Waals surface area contributed by atoms with Gasteiger partial charge in [0.05, 0.1) is 12.3 Å². The molecule has 1 spiro atoms. The Morgan fingerprint density at radius 3 is 2.97 bits per heavy atom. The summed E-state index contributed by atoms with van der Waals surface area (Å²) in [6.07, 6.45) is 3.15. The molecule has 1 amide bonds. The summed E-state index contributed by atoms with van der Waals surface area (Å²) in [5.41, 5.74) is 1.18. The second-order valence-corrected chi connectivity index (χ2v) is 7.87. The Hall–Kier alpha value is -1.55. The van der Waals surface area contributed by atoms with Crippen molar-refractivity contribution in [3.63, 3.8) is 0 Å². The molecule has 2 saturated heterocycles. The number of guanidine groups is 1. The molecule has 160 valence electrons. The standard InChI is InChI=1S/C21H30N4O3.HI/c1-2-22-20(24-12-8-21(15-24)9-13-27-16-21)23-10-5-11-25-17-6-3-4-7-18(17)28-14-19(25)26;/h3-4,6-7H,2,5,8-16H2,1H3,(H,22,23);1H. The number of aliphatic imine (C=N–C) groups is 1. The number of amides is 1. The van der Waals surface area contributed by atoms with E-state index in [9.17, 15) is 4.79 Å². The largest absolute Gasteiger partial charge is 0.482 e. The van der Waals surface area contributed by atoms with Crippen molar-refractivity contribution < 1.29 is 14.3 Å². The van der Waals surface area contributed by atoms with E-state index < -0.39 is 0 Å². The Morgan fingerprint density at radius 2 is 2.17 bits per heavy atom. The van der Waals surface area contributed by atoms with Gasteiger partial charge < -0.3 is 24.6 Å². The minimum Gasteiger partial charge on any atom is -0.482 e. The minimum absolute atomic E-state index is 0. The molecule has 1 aromatic rings. The van der Waals surface area contributed by atoms with E-state index in [1.807, 2.05) is 29.2 Å². The van der Waals surface area contributed by atoms with Crippen LogP contribution in [0.3, 0.4) is 0 Å². The maximum atomic E-state index is 12.3. The van der Waals surface area contributed by atoms with Gasteiger partial charge in [-0.1, -0.05) is 12.1 Å². The van der Waals surface area contributed by atoms with E-state index in [0.29, 0.717) is 18.5 Å². The highest BCUT2D eigenvalue weighted by Crippen LogP contribution is 2.38. The molecule has 3 aliphatic rings. The number of hydrogen-bond donors (Lipinski definition) is 1. The summed E-state index contributed by atoms with van der Waals surface area (Å²) < 4.78 is 11.2. The van der Waals surface area contributed by atoms with Gasteiger partial charge in [-0.2, -0.15) is 0 Å². The molecule has 2 fully saturated rings. The topological polar surface area (TPSA) is 66.4 Å². The quantitative estimate of drug-likeness (QED) is 0.283. The summed E-state index contributed by atoms with van der Waals surface area (Å²) in [7, 11) is 0. The van der Waals surface area contributed by atoms with Crippen molar-refractivity contribution in [3.8, 4) is 5.75 Å². The van der Waals surface area contributed by atoms with Gasteiger partial charge >= 0.3 is 0 Å². The SMILES string of the molecule is CCNC(=NCCCN1C(=O)COc2ccccc21)N1CCC2(CCOC2)C1.I. The van der Waals surface area contributed by atoms with E-state index in [2.05, 4.69) is 17.1 Å². The van der Waals surface area contributed by atoms with Crippen LogP contribution < -0.4 is 15.0 Å². The van der Waals surface area contributed by atoms with Crippen LogP contribution in [0.5, 0.6) is 5.75 Å². The van der Waals surface area contributed by atoms with Gasteiger partial charge in [-0.15, -0.1) is 24.0 Å². The first-order chi connectivity index (χ1) is 13.7. The lowest BCUT2D eigenvalue weighted by Crippen LogP contribution is -2.42. The summed E-state index contributed by atoms with van der Waals surface area (Å²) in [4.78, 5) is 21.3. The third-order valence-electron chi connectivity index (χ3n) is 5.87. The van der Waals surface area contributed by atoms with Gasteiger partial charge in [-0.25, -0.2) is 0 Å². The van der Waals surface area contributed by atoms with Crippen LogP contribution in [0.2, 0.25) is 0 Å². The fraction of sp³-hybridized carbons (Fsp3) is 0.619. The Kier molecular flexibility index (Phi) is 7.61. The monoisotopic (exact) mass is 514 g/mol. The molecule has 3 heterocycles. The zero-order valence-corrected chi connectivity index (χ0v) is 19.4. The minimum atomic E-state index is 0. The Balaban J connectivity index is 0.00000240. The molecular weight excluding hydrogens is 483 g/mol. The third kappa shape index (κ3) is 4.96. The van der Waals surface area contributed by atoms with E-state index >= 15 is 0 Å². The van der Waals surface area contributed by atoms with Gasteiger partial charge in [-0.3, -0.25) is 9.79 Å². The Labute approximate surface area is 189 Å². The Morgan fingerprint density at radius 1 is 1.31 bits per heavy atom. The number of fused-ring (bicyclic) bond motifs is 1. The molecule has 1 aromatic carbocycles. The van der Waals surface area contributed by atoms with Crippen LogP contribution >= 0.6 is 24.0 Å². The van der Waals surface area contributed by atoms with Crippen molar-refractivity contribution in [3.05, 3.63) is 24.3 Å². The van der Waals surface area contributed by atoms with E-state index in [4.69, 9.17) is 14.5 Å². The fourth-order valence-corrected chi connectivity index (χ4v) is 4.33. The number of rotatable bonds is 5. The lowest BCUT2D eigenvalue weighted by molar-refractivity contribution is -0.121. The van der Waals surface area contributed by atoms with Crippen molar-refractivity contribution in [2.45, 2.75) is 26.2 Å². The molecule has 0 aromatic heterocycles. The van der Waals surface area contributed by atoms with Crippen LogP contribution in [-0.2, 0) is 9.53 Å². The lowest BCUT2D eigenvalue weighted by atomic mass is 9.87.